The van der Waals surface area contributed by atoms with Gasteiger partial charge in [-0.3, -0.25) is 4.79 Å². The van der Waals surface area contributed by atoms with E-state index in [0.717, 1.165) is 19.3 Å². The molecule has 0 spiro atoms. The van der Waals surface area contributed by atoms with Gasteiger partial charge in [0.25, 0.3) is 0 Å². The molecule has 2 heteroatoms. The van der Waals surface area contributed by atoms with Crippen molar-refractivity contribution in [2.24, 2.45) is 5.92 Å². The minimum Gasteiger partial charge on any atom is -0.358 e. The fourth-order valence-electron chi connectivity index (χ4n) is 2.61. The number of rotatable bonds is 4. The van der Waals surface area contributed by atoms with Crippen LogP contribution in [0.1, 0.15) is 46.5 Å². The molecule has 94 valence electrons. The van der Waals surface area contributed by atoms with Crippen LogP contribution in [0.15, 0.2) is 23.8 Å². The van der Waals surface area contributed by atoms with Crippen molar-refractivity contribution in [2.75, 3.05) is 0 Å². The van der Waals surface area contributed by atoms with E-state index in [9.17, 15) is 4.79 Å². The Morgan fingerprint density at radius 3 is 2.88 bits per heavy atom. The summed E-state index contributed by atoms with van der Waals surface area (Å²) in [5.74, 6) is 0.607. The first kappa shape index (κ1) is 12.6. The molecule has 2 aliphatic rings. The lowest BCUT2D eigenvalue weighted by Gasteiger charge is -2.23. The maximum Gasteiger partial charge on any atom is 0.167 e. The second kappa shape index (κ2) is 4.41. The molecule has 1 aliphatic carbocycles. The van der Waals surface area contributed by atoms with Crippen LogP contribution in [0.5, 0.6) is 0 Å². The van der Waals surface area contributed by atoms with Crippen LogP contribution in [0, 0.1) is 5.92 Å². The van der Waals surface area contributed by atoms with Crippen LogP contribution in [0.25, 0.3) is 0 Å². The van der Waals surface area contributed by atoms with Gasteiger partial charge in [-0.05, 0) is 46.0 Å². The first-order chi connectivity index (χ1) is 7.93. The third-order valence-corrected chi connectivity index (χ3v) is 4.02. The van der Waals surface area contributed by atoms with Crippen LogP contribution in [-0.4, -0.2) is 17.5 Å². The topological polar surface area (TPSA) is 29.6 Å². The van der Waals surface area contributed by atoms with E-state index in [-0.39, 0.29) is 11.9 Å². The van der Waals surface area contributed by atoms with Crippen LogP contribution in [0.3, 0.4) is 0 Å². The molecular formula is C15H22O2. The highest BCUT2D eigenvalue weighted by Crippen LogP contribution is 2.48. The van der Waals surface area contributed by atoms with Gasteiger partial charge in [0.2, 0.25) is 0 Å². The van der Waals surface area contributed by atoms with Gasteiger partial charge >= 0.3 is 0 Å². The van der Waals surface area contributed by atoms with Gasteiger partial charge in [0.1, 0.15) is 5.60 Å². The lowest BCUT2D eigenvalue weighted by molar-refractivity contribution is -0.124. The number of hydrogen-bond acceptors (Lipinski definition) is 2. The number of carbonyl (C=O) groups excluding carboxylic acids is 1. The Kier molecular flexibility index (Phi) is 3.26. The van der Waals surface area contributed by atoms with Crippen LogP contribution in [0.2, 0.25) is 0 Å². The molecule has 17 heavy (non-hydrogen) atoms. The Hall–Kier alpha value is -0.890. The lowest BCUT2D eigenvalue weighted by atomic mass is 9.77. The number of ether oxygens (including phenoxy) is 1. The van der Waals surface area contributed by atoms with E-state index in [2.05, 4.69) is 26.5 Å². The lowest BCUT2D eigenvalue weighted by Crippen LogP contribution is -2.32. The molecule has 0 amide bonds. The van der Waals surface area contributed by atoms with Gasteiger partial charge in [0.15, 0.2) is 5.78 Å². The van der Waals surface area contributed by atoms with Crippen molar-refractivity contribution in [2.45, 2.75) is 58.2 Å². The van der Waals surface area contributed by atoms with E-state index in [4.69, 9.17) is 4.74 Å². The normalized spacial score (nSPS) is 35.1. The molecule has 2 nitrogen and oxygen atoms in total. The van der Waals surface area contributed by atoms with E-state index < -0.39 is 5.60 Å². The molecule has 1 saturated carbocycles. The maximum absolute atomic E-state index is 11.9. The number of ketones is 1. The zero-order valence-corrected chi connectivity index (χ0v) is 11.1. The molecule has 1 unspecified atom stereocenters. The first-order valence-electron chi connectivity index (χ1n) is 6.45. The molecule has 3 atom stereocenters. The highest BCUT2D eigenvalue weighted by Gasteiger charge is 2.61. The largest absolute Gasteiger partial charge is 0.358 e. The molecule has 2 fully saturated rings. The van der Waals surface area contributed by atoms with Gasteiger partial charge in [-0.15, -0.1) is 0 Å². The van der Waals surface area contributed by atoms with Crippen molar-refractivity contribution in [1.82, 2.24) is 0 Å². The standard InChI is InChI=1S/C15H22O2/c1-10(2)6-5-7-11(3)12-8-13(16)15(4)14(9-12)17-15/h6,12,14H,3,5,7-9H2,1-2,4H3/t12?,14-,15+/m1/s1. The number of fused-ring (bicyclic) bond motifs is 1. The summed E-state index contributed by atoms with van der Waals surface area (Å²) < 4.78 is 5.50. The fourth-order valence-corrected chi connectivity index (χ4v) is 2.61. The molecular weight excluding hydrogens is 212 g/mol. The molecule has 2 rings (SSSR count). The smallest absolute Gasteiger partial charge is 0.167 e. The minimum absolute atomic E-state index is 0.161. The predicted octanol–water partition coefficient (Wildman–Crippen LogP) is 3.43. The summed E-state index contributed by atoms with van der Waals surface area (Å²) in [5.41, 5.74) is 2.13. The van der Waals surface area contributed by atoms with Gasteiger partial charge in [-0.25, -0.2) is 0 Å². The molecule has 0 aromatic carbocycles. The Balaban J connectivity index is 1.85. The number of carbonyl (C=O) groups is 1. The van der Waals surface area contributed by atoms with Crippen molar-refractivity contribution in [3.63, 3.8) is 0 Å². The van der Waals surface area contributed by atoms with Gasteiger partial charge in [-0.2, -0.15) is 0 Å². The van der Waals surface area contributed by atoms with Gasteiger partial charge < -0.3 is 4.74 Å². The van der Waals surface area contributed by atoms with E-state index in [1.54, 1.807) is 0 Å². The Labute approximate surface area is 104 Å². The molecule has 0 N–H and O–H groups in total. The quantitative estimate of drug-likeness (QED) is 0.551. The molecule has 1 heterocycles. The van der Waals surface area contributed by atoms with E-state index in [0.29, 0.717) is 12.3 Å². The highest BCUT2D eigenvalue weighted by molar-refractivity contribution is 5.91. The first-order valence-corrected chi connectivity index (χ1v) is 6.45. The molecule has 1 saturated heterocycles. The average molecular weight is 234 g/mol. The summed E-state index contributed by atoms with van der Waals surface area (Å²) in [6.45, 7) is 10.3. The Bertz CT molecular complexity index is 376. The van der Waals surface area contributed by atoms with Gasteiger partial charge in [0, 0.05) is 6.42 Å². The number of hydrogen-bond donors (Lipinski definition) is 0. The molecule has 1 aliphatic heterocycles. The van der Waals surface area contributed by atoms with E-state index in [1.165, 1.54) is 11.1 Å². The Morgan fingerprint density at radius 2 is 2.29 bits per heavy atom. The summed E-state index contributed by atoms with van der Waals surface area (Å²) in [5, 5.41) is 0. The van der Waals surface area contributed by atoms with Crippen molar-refractivity contribution >= 4 is 5.78 Å². The molecule has 0 radical (unpaired) electrons. The second-order valence-electron chi connectivity index (χ2n) is 5.75. The number of Topliss-reactive ketones (excluding diaryl/α,β-unsaturated/α-hetero) is 1. The molecule has 0 aromatic heterocycles. The zero-order valence-electron chi connectivity index (χ0n) is 11.1. The van der Waals surface area contributed by atoms with Gasteiger partial charge in [0.05, 0.1) is 6.10 Å². The monoisotopic (exact) mass is 234 g/mol. The second-order valence-corrected chi connectivity index (χ2v) is 5.75. The molecule has 0 bridgehead atoms. The van der Waals surface area contributed by atoms with Crippen molar-refractivity contribution in [3.8, 4) is 0 Å². The van der Waals surface area contributed by atoms with Crippen LogP contribution in [-0.2, 0) is 9.53 Å². The fraction of sp³-hybridized carbons (Fsp3) is 0.667. The SMILES string of the molecule is C=C(CCC=C(C)C)C1CC(=O)[C@]2(C)O[C@@H]2C1. The van der Waals surface area contributed by atoms with Gasteiger partial charge in [-0.1, -0.05) is 23.8 Å². The van der Waals surface area contributed by atoms with Crippen LogP contribution in [0.4, 0.5) is 0 Å². The number of epoxide rings is 1. The van der Waals surface area contributed by atoms with E-state index in [1.807, 2.05) is 6.92 Å². The van der Waals surface area contributed by atoms with Crippen molar-refractivity contribution < 1.29 is 9.53 Å². The summed E-state index contributed by atoms with van der Waals surface area (Å²) >= 11 is 0. The molecule has 0 aromatic rings. The summed E-state index contributed by atoms with van der Waals surface area (Å²) in [7, 11) is 0. The van der Waals surface area contributed by atoms with Crippen LogP contribution >= 0.6 is 0 Å². The highest BCUT2D eigenvalue weighted by atomic mass is 16.6. The van der Waals surface area contributed by atoms with Crippen molar-refractivity contribution in [1.29, 1.82) is 0 Å². The minimum atomic E-state index is -0.434. The summed E-state index contributed by atoms with van der Waals surface area (Å²) in [6.07, 6.45) is 6.03. The zero-order chi connectivity index (χ0) is 12.6. The average Bonchev–Trinajstić information content (AvgIpc) is 2.90. The third-order valence-electron chi connectivity index (χ3n) is 4.02. The van der Waals surface area contributed by atoms with Crippen LogP contribution < -0.4 is 0 Å². The number of allylic oxidation sites excluding steroid dienone is 3. The third kappa shape index (κ3) is 2.52. The summed E-state index contributed by atoms with van der Waals surface area (Å²) in [4.78, 5) is 11.9. The maximum atomic E-state index is 11.9. The van der Waals surface area contributed by atoms with Crippen molar-refractivity contribution in [3.05, 3.63) is 23.8 Å². The van der Waals surface area contributed by atoms with E-state index >= 15 is 0 Å². The predicted molar refractivity (Wildman–Crippen MR) is 68.8 cm³/mol. The Morgan fingerprint density at radius 1 is 1.59 bits per heavy atom. The summed E-state index contributed by atoms with van der Waals surface area (Å²) in [6, 6.07) is 0.